The second-order valence-electron chi connectivity index (χ2n) is 4.05. The number of aryl methyl sites for hydroxylation is 1. The van der Waals surface area contributed by atoms with Crippen molar-refractivity contribution < 1.29 is 0 Å². The number of fused-ring (bicyclic) bond motifs is 1. The Bertz CT molecular complexity index is 745. The zero-order chi connectivity index (χ0) is 12.4. The van der Waals surface area contributed by atoms with Crippen LogP contribution in [-0.2, 0) is 0 Å². The molecule has 0 fully saturated rings. The summed E-state index contributed by atoms with van der Waals surface area (Å²) in [7, 11) is 0. The van der Waals surface area contributed by atoms with Crippen LogP contribution in [0.15, 0.2) is 48.8 Å². The van der Waals surface area contributed by atoms with E-state index in [0.29, 0.717) is 0 Å². The van der Waals surface area contributed by atoms with Crippen molar-refractivity contribution in [3.8, 4) is 11.8 Å². The van der Waals surface area contributed by atoms with E-state index in [1.165, 1.54) is 0 Å². The number of benzene rings is 1. The lowest BCUT2D eigenvalue weighted by atomic mass is 10.2. The van der Waals surface area contributed by atoms with E-state index in [0.717, 1.165) is 22.5 Å². The van der Waals surface area contributed by atoms with Gasteiger partial charge in [0.2, 0.25) is 0 Å². The number of hydrogen-bond acceptors (Lipinski definition) is 2. The molecule has 0 aliphatic rings. The van der Waals surface area contributed by atoms with Gasteiger partial charge in [0.25, 0.3) is 0 Å². The summed E-state index contributed by atoms with van der Waals surface area (Å²) in [6.07, 6.45) is 3.66. The van der Waals surface area contributed by atoms with Gasteiger partial charge in [-0.25, -0.2) is 9.50 Å². The minimum atomic E-state index is 0.845. The lowest BCUT2D eigenvalue weighted by Gasteiger charge is -1.93. The number of nitrogens with zero attached hydrogens (tertiary/aromatic N) is 3. The molecule has 0 aliphatic carbocycles. The normalized spacial score (nSPS) is 10.1. The molecule has 0 bridgehead atoms. The van der Waals surface area contributed by atoms with Crippen LogP contribution in [0.2, 0.25) is 0 Å². The van der Waals surface area contributed by atoms with Crippen molar-refractivity contribution in [2.24, 2.45) is 0 Å². The molecule has 3 rings (SSSR count). The Morgan fingerprint density at radius 1 is 1.06 bits per heavy atom. The van der Waals surface area contributed by atoms with Gasteiger partial charge in [0.05, 0.1) is 11.3 Å². The monoisotopic (exact) mass is 233 g/mol. The van der Waals surface area contributed by atoms with Crippen molar-refractivity contribution in [3.63, 3.8) is 0 Å². The highest BCUT2D eigenvalue weighted by molar-refractivity contribution is 5.45. The van der Waals surface area contributed by atoms with Crippen molar-refractivity contribution in [2.45, 2.75) is 6.92 Å². The summed E-state index contributed by atoms with van der Waals surface area (Å²) >= 11 is 0. The molecule has 1 aromatic carbocycles. The first kappa shape index (κ1) is 10.5. The second kappa shape index (κ2) is 4.34. The van der Waals surface area contributed by atoms with Crippen LogP contribution in [0.5, 0.6) is 0 Å². The summed E-state index contributed by atoms with van der Waals surface area (Å²) in [5.41, 5.74) is 3.65. The molecule has 0 radical (unpaired) electrons. The van der Waals surface area contributed by atoms with Crippen molar-refractivity contribution in [1.82, 2.24) is 14.6 Å². The molecular weight excluding hydrogens is 222 g/mol. The van der Waals surface area contributed by atoms with Crippen LogP contribution in [0.1, 0.15) is 16.8 Å². The van der Waals surface area contributed by atoms with Crippen LogP contribution in [0, 0.1) is 18.8 Å². The summed E-state index contributed by atoms with van der Waals surface area (Å²) in [6.45, 7) is 1.95. The predicted molar refractivity (Wildman–Crippen MR) is 70.1 cm³/mol. The smallest absolute Gasteiger partial charge is 0.155 e. The number of aromatic nitrogens is 3. The maximum absolute atomic E-state index is 4.32. The molecule has 0 spiro atoms. The fourth-order valence-electron chi connectivity index (χ4n) is 1.73. The minimum Gasteiger partial charge on any atom is -0.236 e. The highest BCUT2D eigenvalue weighted by Crippen LogP contribution is 2.04. The van der Waals surface area contributed by atoms with Gasteiger partial charge in [0, 0.05) is 24.0 Å². The Balaban J connectivity index is 1.98. The van der Waals surface area contributed by atoms with Gasteiger partial charge in [-0.15, -0.1) is 0 Å². The molecule has 0 saturated heterocycles. The molecule has 3 nitrogen and oxygen atoms in total. The fraction of sp³-hybridized carbons (Fsp3) is 0.0667. The largest absolute Gasteiger partial charge is 0.236 e. The first-order chi connectivity index (χ1) is 8.81. The van der Waals surface area contributed by atoms with E-state index in [2.05, 4.69) is 21.9 Å². The Hall–Kier alpha value is -2.60. The van der Waals surface area contributed by atoms with Gasteiger partial charge >= 0.3 is 0 Å². The van der Waals surface area contributed by atoms with Crippen LogP contribution in [0.4, 0.5) is 0 Å². The standard InChI is InChI=1S/C15H11N3/c1-12-9-15-16-10-14(11-18(15)17-12)8-7-13-5-3-2-4-6-13/h2-6,9-11H,1H3. The molecule has 0 unspecified atom stereocenters. The third kappa shape index (κ3) is 2.09. The topological polar surface area (TPSA) is 30.2 Å². The Morgan fingerprint density at radius 3 is 2.67 bits per heavy atom. The summed E-state index contributed by atoms with van der Waals surface area (Å²) < 4.78 is 1.75. The number of rotatable bonds is 0. The van der Waals surface area contributed by atoms with Crippen molar-refractivity contribution in [2.75, 3.05) is 0 Å². The maximum atomic E-state index is 4.32. The van der Waals surface area contributed by atoms with Gasteiger partial charge in [0.1, 0.15) is 0 Å². The van der Waals surface area contributed by atoms with E-state index in [4.69, 9.17) is 0 Å². The summed E-state index contributed by atoms with van der Waals surface area (Å²) in [5, 5.41) is 4.32. The zero-order valence-electron chi connectivity index (χ0n) is 9.96. The molecule has 86 valence electrons. The average Bonchev–Trinajstić information content (AvgIpc) is 2.77. The van der Waals surface area contributed by atoms with Gasteiger partial charge in [0.15, 0.2) is 5.65 Å². The molecule has 3 heteroatoms. The van der Waals surface area contributed by atoms with E-state index in [1.54, 1.807) is 10.7 Å². The van der Waals surface area contributed by atoms with Gasteiger partial charge in [-0.3, -0.25) is 0 Å². The van der Waals surface area contributed by atoms with Gasteiger partial charge in [-0.2, -0.15) is 5.10 Å². The molecule has 0 saturated carbocycles. The van der Waals surface area contributed by atoms with Crippen LogP contribution in [0.3, 0.4) is 0 Å². The van der Waals surface area contributed by atoms with Crippen molar-refractivity contribution in [1.29, 1.82) is 0 Å². The van der Waals surface area contributed by atoms with E-state index in [9.17, 15) is 0 Å². The summed E-state index contributed by atoms with van der Waals surface area (Å²) in [6, 6.07) is 11.8. The molecule has 0 amide bonds. The van der Waals surface area contributed by atoms with Gasteiger partial charge < -0.3 is 0 Å². The molecule has 0 N–H and O–H groups in total. The van der Waals surface area contributed by atoms with Crippen LogP contribution >= 0.6 is 0 Å². The zero-order valence-corrected chi connectivity index (χ0v) is 9.96. The van der Waals surface area contributed by atoms with Gasteiger partial charge in [-0.05, 0) is 19.1 Å². The fourth-order valence-corrected chi connectivity index (χ4v) is 1.73. The lowest BCUT2D eigenvalue weighted by Crippen LogP contribution is -1.91. The molecule has 3 aromatic rings. The Labute approximate surface area is 105 Å². The van der Waals surface area contributed by atoms with E-state index in [-0.39, 0.29) is 0 Å². The van der Waals surface area contributed by atoms with Crippen molar-refractivity contribution >= 4 is 5.65 Å². The van der Waals surface area contributed by atoms with Gasteiger partial charge in [-0.1, -0.05) is 30.0 Å². The molecule has 0 atom stereocenters. The highest BCUT2D eigenvalue weighted by atomic mass is 15.2. The van der Waals surface area contributed by atoms with Crippen LogP contribution in [-0.4, -0.2) is 14.6 Å². The molecular formula is C15H11N3. The minimum absolute atomic E-state index is 0.845. The Kier molecular flexibility index (Phi) is 2.54. The number of hydrogen-bond donors (Lipinski definition) is 0. The van der Waals surface area contributed by atoms with E-state index < -0.39 is 0 Å². The second-order valence-corrected chi connectivity index (χ2v) is 4.05. The first-order valence-electron chi connectivity index (χ1n) is 5.70. The average molecular weight is 233 g/mol. The highest BCUT2D eigenvalue weighted by Gasteiger charge is 1.98. The first-order valence-corrected chi connectivity index (χ1v) is 5.70. The summed E-state index contributed by atoms with van der Waals surface area (Å²) in [4.78, 5) is 4.31. The van der Waals surface area contributed by atoms with Crippen LogP contribution in [0.25, 0.3) is 5.65 Å². The van der Waals surface area contributed by atoms with Crippen molar-refractivity contribution in [3.05, 3.63) is 65.6 Å². The molecule has 18 heavy (non-hydrogen) atoms. The van der Waals surface area contributed by atoms with Crippen LogP contribution < -0.4 is 0 Å². The molecule has 2 heterocycles. The SMILES string of the molecule is Cc1cc2ncc(C#Cc3ccccc3)cn2n1. The quantitative estimate of drug-likeness (QED) is 0.558. The lowest BCUT2D eigenvalue weighted by molar-refractivity contribution is 0.914. The van der Waals surface area contributed by atoms with E-state index in [1.807, 2.05) is 49.5 Å². The third-order valence-corrected chi connectivity index (χ3v) is 2.56. The Morgan fingerprint density at radius 2 is 1.83 bits per heavy atom. The third-order valence-electron chi connectivity index (χ3n) is 2.56. The molecule has 0 aliphatic heterocycles. The predicted octanol–water partition coefficient (Wildman–Crippen LogP) is 2.44. The van der Waals surface area contributed by atoms with E-state index >= 15 is 0 Å². The maximum Gasteiger partial charge on any atom is 0.155 e. The molecule has 2 aromatic heterocycles. The summed E-state index contributed by atoms with van der Waals surface area (Å²) in [5.74, 6) is 6.19.